The van der Waals surface area contributed by atoms with Gasteiger partial charge in [-0.25, -0.2) is 0 Å². The van der Waals surface area contributed by atoms with Crippen molar-refractivity contribution in [3.8, 4) is 28.7 Å². The summed E-state index contributed by atoms with van der Waals surface area (Å²) >= 11 is 0. The number of carbonyl (C=O) groups is 1. The number of benzene rings is 2. The number of likely N-dealkylation sites (N-methyl/N-ethyl adjacent to an activating group) is 1. The van der Waals surface area contributed by atoms with E-state index < -0.39 is 0 Å². The molecule has 0 bridgehead atoms. The van der Waals surface area contributed by atoms with Gasteiger partial charge in [0.15, 0.2) is 11.5 Å². The third-order valence-electron chi connectivity index (χ3n) is 6.24. The summed E-state index contributed by atoms with van der Waals surface area (Å²) in [7, 11) is 6.66. The summed E-state index contributed by atoms with van der Waals surface area (Å²) in [5.74, 6) is 2.20. The molecule has 1 saturated heterocycles. The number of nitrogens with zero attached hydrogens (tertiary/aromatic N) is 2. The van der Waals surface area contributed by atoms with Crippen molar-refractivity contribution in [3.05, 3.63) is 41.5 Å². The molecule has 0 saturated carbocycles. The van der Waals surface area contributed by atoms with Crippen molar-refractivity contribution in [2.75, 3.05) is 54.6 Å². The summed E-state index contributed by atoms with van der Waals surface area (Å²) in [6.07, 6.45) is 0.792. The number of amides is 1. The van der Waals surface area contributed by atoms with Crippen molar-refractivity contribution in [3.63, 3.8) is 0 Å². The van der Waals surface area contributed by atoms with E-state index in [1.807, 2.05) is 29.2 Å². The first kappa shape index (κ1) is 31.6. The quantitative estimate of drug-likeness (QED) is 0.505. The molecule has 1 aliphatic rings. The molecule has 0 spiro atoms. The van der Waals surface area contributed by atoms with Gasteiger partial charge >= 0.3 is 0 Å². The fourth-order valence-electron chi connectivity index (χ4n) is 4.36. The van der Waals surface area contributed by atoms with E-state index in [2.05, 4.69) is 25.8 Å². The van der Waals surface area contributed by atoms with Gasteiger partial charge in [0.2, 0.25) is 11.5 Å². The van der Waals surface area contributed by atoms with Gasteiger partial charge in [-0.15, -0.1) is 24.8 Å². The molecular formula is C26H39Cl2N3O5. The van der Waals surface area contributed by atoms with Gasteiger partial charge in [-0.05, 0) is 43.6 Å². The van der Waals surface area contributed by atoms with Gasteiger partial charge in [0, 0.05) is 31.7 Å². The Labute approximate surface area is 226 Å². The molecule has 36 heavy (non-hydrogen) atoms. The Kier molecular flexibility index (Phi) is 12.6. The number of rotatable bonds is 9. The lowest BCUT2D eigenvalue weighted by atomic mass is 9.98. The van der Waals surface area contributed by atoms with Crippen molar-refractivity contribution in [2.24, 2.45) is 11.7 Å². The normalized spacial score (nSPS) is 15.6. The van der Waals surface area contributed by atoms with Gasteiger partial charge in [-0.1, -0.05) is 26.0 Å². The summed E-state index contributed by atoms with van der Waals surface area (Å²) in [6.45, 7) is 7.12. The minimum absolute atomic E-state index is 0. The number of hydrogen-bond donors (Lipinski definition) is 1. The van der Waals surface area contributed by atoms with Crippen LogP contribution in [0.25, 0.3) is 0 Å². The van der Waals surface area contributed by atoms with Crippen molar-refractivity contribution in [1.82, 2.24) is 9.80 Å². The maximum atomic E-state index is 13.9. The van der Waals surface area contributed by atoms with Gasteiger partial charge in [-0.3, -0.25) is 4.79 Å². The van der Waals surface area contributed by atoms with Crippen molar-refractivity contribution < 1.29 is 23.7 Å². The molecule has 0 unspecified atom stereocenters. The van der Waals surface area contributed by atoms with Crippen LogP contribution < -0.4 is 24.7 Å². The summed E-state index contributed by atoms with van der Waals surface area (Å²) in [5, 5.41) is 0. The summed E-state index contributed by atoms with van der Waals surface area (Å²) in [6, 6.07) is 9.46. The SMILES string of the molecule is COc1c(Oc2ccc(CCN)cc2)cc(C(=O)N2CCN(C)C[C@@H]2C(C)C)c(OC)c1OC.Cl.Cl. The molecule has 2 N–H and O–H groups in total. The molecule has 2 aromatic rings. The lowest BCUT2D eigenvalue weighted by Gasteiger charge is -2.42. The van der Waals surface area contributed by atoms with E-state index in [0.717, 1.165) is 25.1 Å². The molecule has 3 rings (SSSR count). The molecule has 0 aromatic heterocycles. The number of piperazine rings is 1. The van der Waals surface area contributed by atoms with Crippen LogP contribution in [-0.2, 0) is 6.42 Å². The van der Waals surface area contributed by atoms with Crippen molar-refractivity contribution in [1.29, 1.82) is 0 Å². The average molecular weight is 545 g/mol. The van der Waals surface area contributed by atoms with Gasteiger partial charge in [-0.2, -0.15) is 0 Å². The lowest BCUT2D eigenvalue weighted by molar-refractivity contribution is 0.0399. The van der Waals surface area contributed by atoms with E-state index in [1.165, 1.54) is 21.3 Å². The topological polar surface area (TPSA) is 86.5 Å². The molecule has 0 radical (unpaired) electrons. The highest BCUT2D eigenvalue weighted by Crippen LogP contribution is 2.48. The summed E-state index contributed by atoms with van der Waals surface area (Å²) in [5.41, 5.74) is 7.15. The maximum absolute atomic E-state index is 13.9. The Balaban J connectivity index is 0.00000324. The molecule has 8 nitrogen and oxygen atoms in total. The number of hydrogen-bond acceptors (Lipinski definition) is 7. The smallest absolute Gasteiger partial charge is 0.258 e. The van der Waals surface area contributed by atoms with E-state index in [0.29, 0.717) is 53.3 Å². The predicted molar refractivity (Wildman–Crippen MR) is 147 cm³/mol. The molecule has 0 aliphatic carbocycles. The van der Waals surface area contributed by atoms with Crippen LogP contribution in [0.4, 0.5) is 0 Å². The second-order valence-electron chi connectivity index (χ2n) is 8.88. The Hall–Kier alpha value is -2.39. The Morgan fingerprint density at radius 1 is 1.00 bits per heavy atom. The molecule has 1 aliphatic heterocycles. The van der Waals surface area contributed by atoms with Crippen LogP contribution in [-0.4, -0.2) is 76.3 Å². The zero-order chi connectivity index (χ0) is 24.8. The highest BCUT2D eigenvalue weighted by atomic mass is 35.5. The van der Waals surface area contributed by atoms with Crippen LogP contribution in [0.5, 0.6) is 28.7 Å². The number of halogens is 2. The fourth-order valence-corrected chi connectivity index (χ4v) is 4.36. The monoisotopic (exact) mass is 543 g/mol. The van der Waals surface area contributed by atoms with Crippen LogP contribution in [0.3, 0.4) is 0 Å². The van der Waals surface area contributed by atoms with Gasteiger partial charge in [0.05, 0.1) is 26.9 Å². The molecular weight excluding hydrogens is 505 g/mol. The first-order valence-electron chi connectivity index (χ1n) is 11.6. The van der Waals surface area contributed by atoms with Gasteiger partial charge < -0.3 is 34.5 Å². The zero-order valence-corrected chi connectivity index (χ0v) is 23.5. The van der Waals surface area contributed by atoms with E-state index in [4.69, 9.17) is 24.7 Å². The third-order valence-corrected chi connectivity index (χ3v) is 6.24. The number of ether oxygens (including phenoxy) is 4. The van der Waals surface area contributed by atoms with Crippen LogP contribution >= 0.6 is 24.8 Å². The minimum Gasteiger partial charge on any atom is -0.492 e. The first-order valence-corrected chi connectivity index (χ1v) is 11.6. The summed E-state index contributed by atoms with van der Waals surface area (Å²) in [4.78, 5) is 18.0. The predicted octanol–water partition coefficient (Wildman–Crippen LogP) is 4.26. The Bertz CT molecular complexity index is 989. The van der Waals surface area contributed by atoms with Crippen molar-refractivity contribution in [2.45, 2.75) is 26.3 Å². The molecule has 1 atom stereocenters. The highest BCUT2D eigenvalue weighted by molar-refractivity contribution is 5.99. The second kappa shape index (κ2) is 14.4. The third kappa shape index (κ3) is 6.88. The number of methoxy groups -OCH3 is 3. The maximum Gasteiger partial charge on any atom is 0.258 e. The Morgan fingerprint density at radius 3 is 2.14 bits per heavy atom. The largest absolute Gasteiger partial charge is 0.492 e. The minimum atomic E-state index is -0.118. The van der Waals surface area contributed by atoms with E-state index >= 15 is 0 Å². The van der Waals surface area contributed by atoms with Crippen LogP contribution in [0, 0.1) is 5.92 Å². The fraction of sp³-hybridized carbons (Fsp3) is 0.500. The molecule has 1 amide bonds. The lowest BCUT2D eigenvalue weighted by Crippen LogP contribution is -2.56. The molecule has 10 heteroatoms. The molecule has 1 heterocycles. The van der Waals surface area contributed by atoms with Crippen molar-refractivity contribution >= 4 is 30.7 Å². The molecule has 2 aromatic carbocycles. The van der Waals surface area contributed by atoms with E-state index in [9.17, 15) is 4.79 Å². The van der Waals surface area contributed by atoms with Crippen LogP contribution in [0.15, 0.2) is 30.3 Å². The van der Waals surface area contributed by atoms with Crippen LogP contribution in [0.2, 0.25) is 0 Å². The first-order chi connectivity index (χ1) is 16.3. The number of nitrogens with two attached hydrogens (primary N) is 1. The zero-order valence-electron chi connectivity index (χ0n) is 21.9. The highest BCUT2D eigenvalue weighted by Gasteiger charge is 2.35. The molecule has 1 fully saturated rings. The summed E-state index contributed by atoms with van der Waals surface area (Å²) < 4.78 is 23.1. The molecule has 202 valence electrons. The van der Waals surface area contributed by atoms with Crippen LogP contribution in [0.1, 0.15) is 29.8 Å². The second-order valence-corrected chi connectivity index (χ2v) is 8.88. The van der Waals surface area contributed by atoms with E-state index in [1.54, 1.807) is 6.07 Å². The Morgan fingerprint density at radius 2 is 1.61 bits per heavy atom. The standard InChI is InChI=1S/C26H37N3O5.2ClH/c1-17(2)21-16-28(3)13-14-29(21)26(30)20-15-22(24(32-5)25(33-6)23(20)31-4)34-19-9-7-18(8-10-19)11-12-27;;/h7-10,15,17,21H,11-14,16,27H2,1-6H3;2*1H/t21-;;/m1../s1. The number of carbonyl (C=O) groups excluding carboxylic acids is 1. The average Bonchev–Trinajstić information content (AvgIpc) is 2.83. The van der Waals surface area contributed by atoms with Gasteiger partial charge in [0.1, 0.15) is 5.75 Å². The van der Waals surface area contributed by atoms with E-state index in [-0.39, 0.29) is 36.8 Å². The van der Waals surface area contributed by atoms with Gasteiger partial charge in [0.25, 0.3) is 5.91 Å².